The van der Waals surface area contributed by atoms with E-state index in [4.69, 9.17) is 16.3 Å². The molecule has 0 N–H and O–H groups in total. The second-order valence-corrected chi connectivity index (χ2v) is 9.18. The van der Waals surface area contributed by atoms with E-state index in [2.05, 4.69) is 4.90 Å². The molecule has 1 saturated heterocycles. The fourth-order valence-corrected chi connectivity index (χ4v) is 5.37. The van der Waals surface area contributed by atoms with Crippen molar-refractivity contribution in [3.05, 3.63) is 52.0 Å². The lowest BCUT2D eigenvalue weighted by atomic mass is 10.1. The average molecular weight is 409 g/mol. The third-order valence-electron chi connectivity index (χ3n) is 5.28. The highest BCUT2D eigenvalue weighted by molar-refractivity contribution is 7.89. The van der Waals surface area contributed by atoms with Gasteiger partial charge in [-0.05, 0) is 61.7 Å². The monoisotopic (exact) mass is 408 g/mol. The lowest BCUT2D eigenvalue weighted by molar-refractivity contribution is 0.384. The number of aryl methyl sites for hydroxylation is 1. The van der Waals surface area contributed by atoms with Gasteiger partial charge in [-0.2, -0.15) is 4.31 Å². The van der Waals surface area contributed by atoms with E-state index >= 15 is 0 Å². The van der Waals surface area contributed by atoms with Crippen molar-refractivity contribution < 1.29 is 13.2 Å². The highest BCUT2D eigenvalue weighted by Gasteiger charge is 2.30. The number of anilines is 1. The molecule has 0 aromatic heterocycles. The Balaban J connectivity index is 1.81. The Morgan fingerprint density at radius 1 is 0.963 bits per heavy atom. The molecule has 0 atom stereocenters. The van der Waals surface area contributed by atoms with Crippen LogP contribution in [0.15, 0.2) is 35.2 Å². The maximum atomic E-state index is 13.2. The van der Waals surface area contributed by atoms with Crippen LogP contribution >= 0.6 is 11.6 Å². The third kappa shape index (κ3) is 3.79. The molecule has 1 aliphatic rings. The van der Waals surface area contributed by atoms with Crippen LogP contribution in [0.25, 0.3) is 0 Å². The van der Waals surface area contributed by atoms with Crippen LogP contribution in [0.1, 0.15) is 16.7 Å². The number of ether oxygens (including phenoxy) is 1. The molecule has 2 aromatic carbocycles. The molecule has 0 radical (unpaired) electrons. The molecule has 1 fully saturated rings. The lowest BCUT2D eigenvalue weighted by Gasteiger charge is -2.36. The topological polar surface area (TPSA) is 49.9 Å². The summed E-state index contributed by atoms with van der Waals surface area (Å²) in [5, 5.41) is 0.690. The molecular formula is C20H25ClN2O3S. The number of nitrogens with zero attached hydrogens (tertiary/aromatic N) is 2. The predicted octanol–water partition coefficient (Wildman–Crippen LogP) is 3.78. The van der Waals surface area contributed by atoms with E-state index in [1.54, 1.807) is 23.5 Å². The van der Waals surface area contributed by atoms with Crippen molar-refractivity contribution in [2.24, 2.45) is 0 Å². The van der Waals surface area contributed by atoms with Crippen LogP contribution in [0.5, 0.6) is 5.75 Å². The van der Waals surface area contributed by atoms with E-state index in [0.29, 0.717) is 41.8 Å². The Kier molecular flexibility index (Phi) is 5.70. The van der Waals surface area contributed by atoms with Gasteiger partial charge in [-0.3, -0.25) is 0 Å². The van der Waals surface area contributed by atoms with Crippen LogP contribution in [-0.4, -0.2) is 46.0 Å². The zero-order valence-electron chi connectivity index (χ0n) is 16.1. The van der Waals surface area contributed by atoms with Crippen LogP contribution in [0.2, 0.25) is 5.02 Å². The van der Waals surface area contributed by atoms with Gasteiger partial charge in [0.05, 0.1) is 12.0 Å². The maximum absolute atomic E-state index is 13.2. The standard InChI is InChI=1S/C20H25ClN2O3S/c1-14-5-6-17(21)13-18(14)22-9-11-23(12-10-22)27(24,25)20-8-7-19(26-4)15(2)16(20)3/h5-8,13H,9-12H2,1-4H3. The molecule has 1 aliphatic heterocycles. The van der Waals surface area contributed by atoms with Gasteiger partial charge in [-0.15, -0.1) is 0 Å². The summed E-state index contributed by atoms with van der Waals surface area (Å²) in [5.74, 6) is 0.702. The zero-order valence-corrected chi connectivity index (χ0v) is 17.7. The Morgan fingerprint density at radius 2 is 1.63 bits per heavy atom. The van der Waals surface area contributed by atoms with Crippen molar-refractivity contribution in [3.8, 4) is 5.75 Å². The molecule has 146 valence electrons. The van der Waals surface area contributed by atoms with E-state index in [1.165, 1.54) is 0 Å². The number of sulfonamides is 1. The van der Waals surface area contributed by atoms with E-state index in [0.717, 1.165) is 22.4 Å². The first-order valence-corrected chi connectivity index (χ1v) is 10.7. The normalized spacial score (nSPS) is 15.8. The Bertz CT molecular complexity index is 952. The zero-order chi connectivity index (χ0) is 19.8. The maximum Gasteiger partial charge on any atom is 0.243 e. The lowest BCUT2D eigenvalue weighted by Crippen LogP contribution is -2.49. The molecule has 27 heavy (non-hydrogen) atoms. The van der Waals surface area contributed by atoms with Gasteiger partial charge in [0.25, 0.3) is 0 Å². The molecule has 0 aliphatic carbocycles. The summed E-state index contributed by atoms with van der Waals surface area (Å²) in [4.78, 5) is 2.55. The highest BCUT2D eigenvalue weighted by Crippen LogP contribution is 2.30. The number of halogens is 1. The molecule has 0 spiro atoms. The molecule has 0 unspecified atom stereocenters. The quantitative estimate of drug-likeness (QED) is 0.772. The first kappa shape index (κ1) is 20.0. The van der Waals surface area contributed by atoms with Gasteiger partial charge in [-0.25, -0.2) is 8.42 Å². The van der Waals surface area contributed by atoms with Gasteiger partial charge in [0.2, 0.25) is 10.0 Å². The summed E-state index contributed by atoms with van der Waals surface area (Å²) in [7, 11) is -1.95. The Morgan fingerprint density at radius 3 is 2.26 bits per heavy atom. The number of hydrogen-bond donors (Lipinski definition) is 0. The molecule has 0 bridgehead atoms. The summed E-state index contributed by atoms with van der Waals surface area (Å²) in [6, 6.07) is 9.17. The summed E-state index contributed by atoms with van der Waals surface area (Å²) < 4.78 is 33.2. The van der Waals surface area contributed by atoms with Crippen molar-refractivity contribution in [1.82, 2.24) is 4.31 Å². The van der Waals surface area contributed by atoms with Gasteiger partial charge < -0.3 is 9.64 Å². The van der Waals surface area contributed by atoms with E-state index in [-0.39, 0.29) is 0 Å². The molecule has 1 heterocycles. The summed E-state index contributed by atoms with van der Waals surface area (Å²) in [6.07, 6.45) is 0. The van der Waals surface area contributed by atoms with Crippen molar-refractivity contribution in [3.63, 3.8) is 0 Å². The van der Waals surface area contributed by atoms with Crippen molar-refractivity contribution in [1.29, 1.82) is 0 Å². The minimum absolute atomic E-state index is 0.355. The molecular weight excluding hydrogens is 384 g/mol. The Hall–Kier alpha value is -1.76. The number of hydrogen-bond acceptors (Lipinski definition) is 4. The van der Waals surface area contributed by atoms with Gasteiger partial charge in [0.15, 0.2) is 0 Å². The second kappa shape index (κ2) is 7.70. The largest absolute Gasteiger partial charge is 0.496 e. The molecule has 3 rings (SSSR count). The fraction of sp³-hybridized carbons (Fsp3) is 0.400. The predicted molar refractivity (Wildman–Crippen MR) is 110 cm³/mol. The first-order valence-electron chi connectivity index (χ1n) is 8.91. The highest BCUT2D eigenvalue weighted by atomic mass is 35.5. The number of methoxy groups -OCH3 is 1. The molecule has 0 amide bonds. The van der Waals surface area contributed by atoms with E-state index in [1.807, 2.05) is 39.0 Å². The van der Waals surface area contributed by atoms with E-state index < -0.39 is 10.0 Å². The van der Waals surface area contributed by atoms with Crippen LogP contribution in [-0.2, 0) is 10.0 Å². The van der Waals surface area contributed by atoms with Gasteiger partial charge in [-0.1, -0.05) is 17.7 Å². The first-order chi connectivity index (χ1) is 12.8. The van der Waals surface area contributed by atoms with Crippen LogP contribution < -0.4 is 9.64 Å². The van der Waals surface area contributed by atoms with Crippen molar-refractivity contribution >= 4 is 27.3 Å². The van der Waals surface area contributed by atoms with Crippen molar-refractivity contribution in [2.75, 3.05) is 38.2 Å². The summed E-state index contributed by atoms with van der Waals surface area (Å²) in [6.45, 7) is 7.91. The smallest absolute Gasteiger partial charge is 0.243 e. The van der Waals surface area contributed by atoms with Crippen LogP contribution in [0, 0.1) is 20.8 Å². The number of rotatable bonds is 4. The molecule has 0 saturated carbocycles. The number of piperazine rings is 1. The Labute approximate surface area is 166 Å². The van der Waals surface area contributed by atoms with Gasteiger partial charge in [0, 0.05) is 36.9 Å². The number of benzene rings is 2. The minimum Gasteiger partial charge on any atom is -0.496 e. The molecule has 5 nitrogen and oxygen atoms in total. The SMILES string of the molecule is COc1ccc(S(=O)(=O)N2CCN(c3cc(Cl)ccc3C)CC2)c(C)c1C. The summed E-state index contributed by atoms with van der Waals surface area (Å²) in [5.41, 5.74) is 3.79. The minimum atomic E-state index is -3.54. The third-order valence-corrected chi connectivity index (χ3v) is 7.55. The van der Waals surface area contributed by atoms with Crippen LogP contribution in [0.3, 0.4) is 0 Å². The van der Waals surface area contributed by atoms with Gasteiger partial charge in [0.1, 0.15) is 5.75 Å². The fourth-order valence-electron chi connectivity index (χ4n) is 3.50. The second-order valence-electron chi connectivity index (χ2n) is 6.84. The molecule has 7 heteroatoms. The van der Waals surface area contributed by atoms with E-state index in [9.17, 15) is 8.42 Å². The van der Waals surface area contributed by atoms with Crippen LogP contribution in [0.4, 0.5) is 5.69 Å². The van der Waals surface area contributed by atoms with Gasteiger partial charge >= 0.3 is 0 Å². The van der Waals surface area contributed by atoms with Crippen molar-refractivity contribution in [2.45, 2.75) is 25.7 Å². The molecule has 2 aromatic rings. The summed E-state index contributed by atoms with van der Waals surface area (Å²) >= 11 is 6.13. The average Bonchev–Trinajstić information content (AvgIpc) is 2.65.